The number of aromatic nitrogens is 1. The molecular weight excluding hydrogens is 396 g/mol. The molecule has 0 spiro atoms. The van der Waals surface area contributed by atoms with Crippen molar-refractivity contribution in [3.05, 3.63) is 57.7 Å². The topological polar surface area (TPSA) is 68.7 Å². The standard InChI is InChI=1S/C20H20N2O4S2/c1-22(11-17-4-3-9-27-17)18(23)12-26-19(24)10-15-13-28-20(21-15)14-5-7-16(25-2)8-6-14/h3-9,13H,10-12H2,1-2H3. The van der Waals surface area contributed by atoms with E-state index in [4.69, 9.17) is 9.47 Å². The minimum atomic E-state index is -0.468. The Morgan fingerprint density at radius 3 is 2.61 bits per heavy atom. The van der Waals surface area contributed by atoms with Crippen LogP contribution in [-0.4, -0.2) is 42.5 Å². The van der Waals surface area contributed by atoms with Crippen LogP contribution < -0.4 is 4.74 Å². The van der Waals surface area contributed by atoms with Crippen molar-refractivity contribution in [2.45, 2.75) is 13.0 Å². The molecule has 1 amide bonds. The molecule has 1 aromatic carbocycles. The molecule has 3 aromatic rings. The van der Waals surface area contributed by atoms with E-state index in [1.54, 1.807) is 30.4 Å². The summed E-state index contributed by atoms with van der Waals surface area (Å²) in [4.78, 5) is 31.2. The summed E-state index contributed by atoms with van der Waals surface area (Å²) in [6.45, 7) is 0.238. The van der Waals surface area contributed by atoms with Gasteiger partial charge in [-0.15, -0.1) is 22.7 Å². The Hall–Kier alpha value is -2.71. The van der Waals surface area contributed by atoms with E-state index < -0.39 is 5.97 Å². The maximum absolute atomic E-state index is 12.1. The van der Waals surface area contributed by atoms with E-state index in [-0.39, 0.29) is 18.9 Å². The number of benzene rings is 1. The summed E-state index contributed by atoms with van der Waals surface area (Å²) in [5, 5.41) is 4.60. The predicted molar refractivity (Wildman–Crippen MR) is 110 cm³/mol. The second-order valence-electron chi connectivity index (χ2n) is 6.04. The fourth-order valence-electron chi connectivity index (χ4n) is 2.43. The van der Waals surface area contributed by atoms with Crippen LogP contribution in [0.4, 0.5) is 0 Å². The number of hydrogen-bond donors (Lipinski definition) is 0. The lowest BCUT2D eigenvalue weighted by Gasteiger charge is -2.16. The van der Waals surface area contributed by atoms with Gasteiger partial charge in [-0.2, -0.15) is 0 Å². The Morgan fingerprint density at radius 2 is 1.93 bits per heavy atom. The first-order valence-corrected chi connectivity index (χ1v) is 10.3. The Morgan fingerprint density at radius 1 is 1.14 bits per heavy atom. The van der Waals surface area contributed by atoms with Gasteiger partial charge in [-0.3, -0.25) is 9.59 Å². The third-order valence-electron chi connectivity index (χ3n) is 3.97. The monoisotopic (exact) mass is 416 g/mol. The summed E-state index contributed by atoms with van der Waals surface area (Å²) in [5.74, 6) is 0.0706. The largest absolute Gasteiger partial charge is 0.497 e. The van der Waals surface area contributed by atoms with Gasteiger partial charge in [0, 0.05) is 22.9 Å². The van der Waals surface area contributed by atoms with Crippen molar-refractivity contribution >= 4 is 34.6 Å². The third kappa shape index (κ3) is 5.40. The number of nitrogens with zero attached hydrogens (tertiary/aromatic N) is 2. The number of methoxy groups -OCH3 is 1. The number of rotatable bonds is 8. The van der Waals surface area contributed by atoms with Crippen LogP contribution in [0.15, 0.2) is 47.2 Å². The maximum Gasteiger partial charge on any atom is 0.312 e. The molecule has 0 saturated carbocycles. The molecule has 6 nitrogen and oxygen atoms in total. The molecule has 0 saturated heterocycles. The smallest absolute Gasteiger partial charge is 0.312 e. The third-order valence-corrected chi connectivity index (χ3v) is 5.77. The molecule has 0 radical (unpaired) electrons. The molecule has 0 unspecified atom stereocenters. The Bertz CT molecular complexity index is 920. The van der Waals surface area contributed by atoms with Crippen molar-refractivity contribution < 1.29 is 19.1 Å². The molecule has 28 heavy (non-hydrogen) atoms. The van der Waals surface area contributed by atoms with Gasteiger partial charge < -0.3 is 14.4 Å². The van der Waals surface area contributed by atoms with Gasteiger partial charge in [0.25, 0.3) is 5.91 Å². The number of carbonyl (C=O) groups excluding carboxylic acids is 2. The maximum atomic E-state index is 12.1. The van der Waals surface area contributed by atoms with Gasteiger partial charge in [0.15, 0.2) is 6.61 Å². The predicted octanol–water partition coefficient (Wildman–Crippen LogP) is 3.62. The summed E-state index contributed by atoms with van der Waals surface area (Å²) in [6, 6.07) is 11.5. The molecule has 0 N–H and O–H groups in total. The minimum absolute atomic E-state index is 0.0363. The van der Waals surface area contributed by atoms with Crippen LogP contribution in [0.3, 0.4) is 0 Å². The van der Waals surface area contributed by atoms with Gasteiger partial charge in [-0.05, 0) is 35.7 Å². The summed E-state index contributed by atoms with van der Waals surface area (Å²) < 4.78 is 10.3. The average Bonchev–Trinajstić information content (AvgIpc) is 3.38. The van der Waals surface area contributed by atoms with Crippen molar-refractivity contribution in [1.29, 1.82) is 0 Å². The number of carbonyl (C=O) groups is 2. The SMILES string of the molecule is COc1ccc(-c2nc(CC(=O)OCC(=O)N(C)Cc3cccs3)cs2)cc1. The molecule has 0 bridgehead atoms. The van der Waals surface area contributed by atoms with E-state index in [1.807, 2.05) is 47.2 Å². The zero-order chi connectivity index (χ0) is 19.9. The van der Waals surface area contributed by atoms with Crippen molar-refractivity contribution in [2.75, 3.05) is 20.8 Å². The normalized spacial score (nSPS) is 10.5. The number of hydrogen-bond acceptors (Lipinski definition) is 7. The Labute approximate surface area is 171 Å². The van der Waals surface area contributed by atoms with E-state index in [0.29, 0.717) is 12.2 Å². The second kappa shape index (κ2) is 9.48. The van der Waals surface area contributed by atoms with Crippen molar-refractivity contribution in [3.8, 4) is 16.3 Å². The quantitative estimate of drug-likeness (QED) is 0.525. The lowest BCUT2D eigenvalue weighted by molar-refractivity contribution is -0.151. The Kier molecular flexibility index (Phi) is 6.78. The number of esters is 1. The van der Waals surface area contributed by atoms with E-state index in [0.717, 1.165) is 21.2 Å². The van der Waals surface area contributed by atoms with Crippen molar-refractivity contribution in [1.82, 2.24) is 9.88 Å². The minimum Gasteiger partial charge on any atom is -0.497 e. The molecule has 0 aliphatic heterocycles. The van der Waals surface area contributed by atoms with E-state index in [9.17, 15) is 9.59 Å². The Balaban J connectivity index is 1.48. The molecule has 0 aliphatic carbocycles. The van der Waals surface area contributed by atoms with Crippen LogP contribution in [0.1, 0.15) is 10.6 Å². The van der Waals surface area contributed by atoms with Crippen LogP contribution in [0.25, 0.3) is 10.6 Å². The van der Waals surface area contributed by atoms with E-state index in [2.05, 4.69) is 4.98 Å². The van der Waals surface area contributed by atoms with Crippen LogP contribution in [0.2, 0.25) is 0 Å². The number of thiazole rings is 1. The van der Waals surface area contributed by atoms with Gasteiger partial charge in [-0.25, -0.2) is 4.98 Å². The molecule has 3 rings (SSSR count). The molecule has 0 aliphatic rings. The van der Waals surface area contributed by atoms with Gasteiger partial charge in [0.1, 0.15) is 10.8 Å². The average molecular weight is 417 g/mol. The lowest BCUT2D eigenvalue weighted by atomic mass is 10.2. The number of amides is 1. The first-order chi connectivity index (χ1) is 13.5. The molecule has 2 aromatic heterocycles. The van der Waals surface area contributed by atoms with Gasteiger partial charge >= 0.3 is 5.97 Å². The number of thiophene rings is 1. The van der Waals surface area contributed by atoms with Crippen LogP contribution in [0.5, 0.6) is 5.75 Å². The molecule has 2 heterocycles. The number of likely N-dealkylation sites (N-methyl/N-ethyl adjacent to an activating group) is 1. The lowest BCUT2D eigenvalue weighted by Crippen LogP contribution is -2.30. The van der Waals surface area contributed by atoms with Gasteiger partial charge in [0.05, 0.1) is 25.8 Å². The first-order valence-electron chi connectivity index (χ1n) is 8.56. The number of ether oxygens (including phenoxy) is 2. The van der Waals surface area contributed by atoms with E-state index in [1.165, 1.54) is 11.3 Å². The van der Waals surface area contributed by atoms with E-state index >= 15 is 0 Å². The molecule has 146 valence electrons. The van der Waals surface area contributed by atoms with Crippen LogP contribution >= 0.6 is 22.7 Å². The van der Waals surface area contributed by atoms with Crippen molar-refractivity contribution in [2.24, 2.45) is 0 Å². The van der Waals surface area contributed by atoms with Crippen LogP contribution in [0, 0.1) is 0 Å². The summed E-state index contributed by atoms with van der Waals surface area (Å²) >= 11 is 3.04. The highest BCUT2D eigenvalue weighted by molar-refractivity contribution is 7.13. The fourth-order valence-corrected chi connectivity index (χ4v) is 4.01. The zero-order valence-corrected chi connectivity index (χ0v) is 17.2. The summed E-state index contributed by atoms with van der Waals surface area (Å²) in [5.41, 5.74) is 1.58. The molecular formula is C20H20N2O4S2. The fraction of sp³-hybridized carbons (Fsp3) is 0.250. The first kappa shape index (κ1) is 20.0. The van der Waals surface area contributed by atoms with Gasteiger partial charge in [-0.1, -0.05) is 6.07 Å². The molecule has 8 heteroatoms. The summed E-state index contributed by atoms with van der Waals surface area (Å²) in [6.07, 6.45) is 0.0363. The van der Waals surface area contributed by atoms with Crippen molar-refractivity contribution in [3.63, 3.8) is 0 Å². The van der Waals surface area contributed by atoms with Crippen LogP contribution in [-0.2, 0) is 27.3 Å². The summed E-state index contributed by atoms with van der Waals surface area (Å²) in [7, 11) is 3.31. The highest BCUT2D eigenvalue weighted by Gasteiger charge is 2.15. The molecule has 0 fully saturated rings. The zero-order valence-electron chi connectivity index (χ0n) is 15.6. The molecule has 0 atom stereocenters. The highest BCUT2D eigenvalue weighted by atomic mass is 32.1. The highest BCUT2D eigenvalue weighted by Crippen LogP contribution is 2.25. The van der Waals surface area contributed by atoms with Gasteiger partial charge in [0.2, 0.25) is 0 Å². The second-order valence-corrected chi connectivity index (χ2v) is 7.93.